The molecule has 0 heterocycles. The number of hydrogen-bond donors (Lipinski definition) is 2. The Morgan fingerprint density at radius 2 is 1.36 bits per heavy atom. The van der Waals surface area contributed by atoms with Crippen LogP contribution in [0.2, 0.25) is 0 Å². The third-order valence-corrected chi connectivity index (χ3v) is 6.24. The van der Waals surface area contributed by atoms with Crippen LogP contribution in [0.15, 0.2) is 0 Å². The van der Waals surface area contributed by atoms with E-state index in [1.165, 1.54) is 0 Å². The van der Waals surface area contributed by atoms with Crippen molar-refractivity contribution >= 4 is 83.3 Å². The zero-order valence-corrected chi connectivity index (χ0v) is 18.9. The normalized spacial score (nSPS) is 16.0. The summed E-state index contributed by atoms with van der Waals surface area (Å²) in [5, 5.41) is 11.3. The molecule has 2 N–H and O–H groups in total. The Bertz CT molecular complexity index is 480. The van der Waals surface area contributed by atoms with Crippen LogP contribution < -0.4 is 5.32 Å². The Kier molecular flexibility index (Phi) is 10.5. The molecule has 0 aromatic rings. The highest BCUT2D eigenvalue weighted by Crippen LogP contribution is 2.61. The van der Waals surface area contributed by atoms with Gasteiger partial charge in [-0.3, -0.25) is 9.88 Å². The third kappa shape index (κ3) is 9.74. The second-order valence-electron chi connectivity index (χ2n) is 5.24. The molecule has 2 atom stereocenters. The van der Waals surface area contributed by atoms with E-state index in [0.717, 1.165) is 0 Å². The van der Waals surface area contributed by atoms with Gasteiger partial charge in [0.15, 0.2) is 6.23 Å². The molecule has 0 fully saturated rings. The first-order chi connectivity index (χ1) is 11.0. The van der Waals surface area contributed by atoms with Gasteiger partial charge in [0.05, 0.1) is 12.2 Å². The number of hydrogen-bond acceptors (Lipinski definition) is 6. The highest BCUT2D eigenvalue weighted by molar-refractivity contribution is 7.55. The maximum absolute atomic E-state index is 13.1. The maximum atomic E-state index is 13.1. The van der Waals surface area contributed by atoms with Gasteiger partial charge in [-0.1, -0.05) is 69.6 Å². The summed E-state index contributed by atoms with van der Waals surface area (Å²) in [5.41, 5.74) is 0. The highest BCUT2D eigenvalue weighted by Gasteiger charge is 2.53. The van der Waals surface area contributed by atoms with E-state index in [1.807, 2.05) is 0 Å². The van der Waals surface area contributed by atoms with Crippen molar-refractivity contribution in [3.8, 4) is 0 Å². The van der Waals surface area contributed by atoms with Crippen LogP contribution in [-0.4, -0.2) is 43.1 Å². The molecule has 0 bridgehead atoms. The summed E-state index contributed by atoms with van der Waals surface area (Å²) in [6.45, 7) is 6.22. The van der Waals surface area contributed by atoms with E-state index in [9.17, 15) is 14.5 Å². The number of carbonyl (C=O) groups excluding carboxylic acids is 1. The Balaban J connectivity index is 5.54. The largest absolute Gasteiger partial charge is 0.428 e. The van der Waals surface area contributed by atoms with E-state index < -0.39 is 45.6 Å². The molecule has 0 unspecified atom stereocenters. The van der Waals surface area contributed by atoms with Gasteiger partial charge in [0.1, 0.15) is 0 Å². The Morgan fingerprint density at radius 3 is 1.64 bits per heavy atom. The number of alkyl carbamates (subject to hydrolysis) is 1. The minimum atomic E-state index is -4.26. The molecule has 0 aromatic carbocycles. The molecule has 0 aromatic heterocycles. The summed E-state index contributed by atoms with van der Waals surface area (Å²) in [4.78, 5) is 11.9. The van der Waals surface area contributed by atoms with Crippen molar-refractivity contribution < 1.29 is 28.3 Å². The molecule has 0 aliphatic heterocycles. The fourth-order valence-electron chi connectivity index (χ4n) is 1.36. The van der Waals surface area contributed by atoms with Crippen molar-refractivity contribution in [2.24, 2.45) is 0 Å². The number of amides is 1. The number of rotatable bonds is 7. The van der Waals surface area contributed by atoms with Crippen LogP contribution in [0.4, 0.5) is 4.79 Å². The lowest BCUT2D eigenvalue weighted by molar-refractivity contribution is 0.0652. The van der Waals surface area contributed by atoms with Crippen molar-refractivity contribution in [1.29, 1.82) is 0 Å². The zero-order chi connectivity index (χ0) is 20.2. The molecule has 1 amide bonds. The van der Waals surface area contributed by atoms with Crippen molar-refractivity contribution in [1.82, 2.24) is 5.32 Å². The molecule has 0 rings (SSSR count). The van der Waals surface area contributed by atoms with Crippen LogP contribution in [0.3, 0.4) is 0 Å². The van der Waals surface area contributed by atoms with Crippen LogP contribution in [0, 0.1) is 0 Å². The average Bonchev–Trinajstić information content (AvgIpc) is 2.30. The van der Waals surface area contributed by atoms with E-state index in [0.29, 0.717) is 0 Å². The monoisotopic (exact) mass is 501 g/mol. The van der Waals surface area contributed by atoms with Gasteiger partial charge in [0, 0.05) is 0 Å². The molecule has 150 valence electrons. The van der Waals surface area contributed by atoms with Crippen LogP contribution in [0.1, 0.15) is 27.7 Å². The number of alkyl halides is 6. The van der Waals surface area contributed by atoms with Crippen LogP contribution in [0.5, 0.6) is 0 Å². The predicted molar refractivity (Wildman–Crippen MR) is 100 cm³/mol. The van der Waals surface area contributed by atoms with Gasteiger partial charge in [-0.25, -0.2) is 4.79 Å². The molecule has 0 spiro atoms. The van der Waals surface area contributed by atoms with E-state index in [4.69, 9.17) is 83.4 Å². The van der Waals surface area contributed by atoms with Gasteiger partial charge in [-0.2, -0.15) is 0 Å². The molecule has 25 heavy (non-hydrogen) atoms. The van der Waals surface area contributed by atoms with Crippen LogP contribution in [-0.2, 0) is 18.3 Å². The number of nitrogens with one attached hydrogen (secondary N) is 1. The number of carbonyl (C=O) groups is 1. The molecular weight excluding hydrogens is 486 g/mol. The summed E-state index contributed by atoms with van der Waals surface area (Å²) in [6, 6.07) is 0. The second kappa shape index (κ2) is 10.1. The standard InChI is InChI=1S/C11H18Cl6NO6P/c1-5(2)23-25(21,24-6(3)4)8(11(15,16)17)22-9(20)18-7(19)10(12,13)14/h5-8,19H,1-4H3,(H,18,20)/t7-,8+/m0/s1. The van der Waals surface area contributed by atoms with Gasteiger partial charge < -0.3 is 18.9 Å². The van der Waals surface area contributed by atoms with E-state index in [1.54, 1.807) is 33.0 Å². The molecule has 7 nitrogen and oxygen atoms in total. The summed E-state index contributed by atoms with van der Waals surface area (Å²) in [7, 11) is -4.26. The Hall–Kier alpha value is 1.12. The number of aliphatic hydroxyl groups is 1. The summed E-state index contributed by atoms with van der Waals surface area (Å²) in [6.07, 6.45) is -4.55. The minimum absolute atomic E-state index is 0.613. The number of ether oxygens (including phenoxy) is 1. The lowest BCUT2D eigenvalue weighted by atomic mass is 10.5. The third-order valence-electron chi connectivity index (χ3n) is 2.07. The molecule has 0 saturated heterocycles. The summed E-state index contributed by atoms with van der Waals surface area (Å²) in [5.74, 6) is -1.96. The van der Waals surface area contributed by atoms with Crippen LogP contribution in [0.25, 0.3) is 0 Å². The van der Waals surface area contributed by atoms with Gasteiger partial charge in [0.2, 0.25) is 7.59 Å². The average molecular weight is 504 g/mol. The minimum Gasteiger partial charge on any atom is -0.428 e. The Labute approximate surface area is 176 Å². The van der Waals surface area contributed by atoms with Crippen molar-refractivity contribution in [3.63, 3.8) is 0 Å². The SMILES string of the molecule is CC(C)OP(=O)(OC(C)C)[C@@H](OC(=O)N[C@@H](O)C(Cl)(Cl)Cl)C(Cl)(Cl)Cl. The van der Waals surface area contributed by atoms with Gasteiger partial charge in [0.25, 0.3) is 5.85 Å². The fourth-order valence-corrected chi connectivity index (χ4v) is 4.77. The summed E-state index contributed by atoms with van der Waals surface area (Å²) < 4.78 is 23.8. The molecule has 0 saturated carbocycles. The fraction of sp³-hybridized carbons (Fsp3) is 0.909. The van der Waals surface area contributed by atoms with Gasteiger partial charge >= 0.3 is 13.7 Å². The highest BCUT2D eigenvalue weighted by atomic mass is 35.6. The Morgan fingerprint density at radius 1 is 0.960 bits per heavy atom. The van der Waals surface area contributed by atoms with E-state index >= 15 is 0 Å². The molecule has 0 aliphatic rings. The summed E-state index contributed by atoms with van der Waals surface area (Å²) >= 11 is 33.6. The topological polar surface area (TPSA) is 94.1 Å². The van der Waals surface area contributed by atoms with E-state index in [-0.39, 0.29) is 0 Å². The van der Waals surface area contributed by atoms with Crippen LogP contribution >= 0.6 is 77.2 Å². The quantitative estimate of drug-likeness (QED) is 0.284. The van der Waals surface area contributed by atoms with Crippen molar-refractivity contribution in [3.05, 3.63) is 0 Å². The van der Waals surface area contributed by atoms with Crippen molar-refractivity contribution in [2.45, 2.75) is 59.6 Å². The number of aliphatic hydroxyl groups excluding tert-OH is 1. The lowest BCUT2D eigenvalue weighted by Gasteiger charge is -2.33. The van der Waals surface area contributed by atoms with Gasteiger partial charge in [-0.05, 0) is 27.7 Å². The second-order valence-corrected chi connectivity index (χ2v) is 11.9. The first-order valence-electron chi connectivity index (χ1n) is 6.74. The maximum Gasteiger partial charge on any atom is 0.410 e. The predicted octanol–water partition coefficient (Wildman–Crippen LogP) is 5.14. The molecule has 0 radical (unpaired) electrons. The molecule has 0 aliphatic carbocycles. The molecule has 14 heteroatoms. The van der Waals surface area contributed by atoms with E-state index in [2.05, 4.69) is 0 Å². The molecular formula is C11H18Cl6NO6P. The number of halogens is 6. The zero-order valence-electron chi connectivity index (χ0n) is 13.5. The first kappa shape index (κ1) is 26.1. The van der Waals surface area contributed by atoms with Gasteiger partial charge in [-0.15, -0.1) is 0 Å². The van der Waals surface area contributed by atoms with Crippen molar-refractivity contribution in [2.75, 3.05) is 0 Å². The lowest BCUT2D eigenvalue weighted by Crippen LogP contribution is -2.46. The first-order valence-corrected chi connectivity index (χ1v) is 10.6. The smallest absolute Gasteiger partial charge is 0.410 e.